The topological polar surface area (TPSA) is 51.0 Å². The van der Waals surface area contributed by atoms with Crippen LogP contribution in [0.1, 0.15) is 23.6 Å². The number of hydrogen-bond acceptors (Lipinski definition) is 4. The van der Waals surface area contributed by atoms with Crippen molar-refractivity contribution in [2.45, 2.75) is 20.5 Å². The maximum Gasteiger partial charge on any atom is 0.180 e. The standard InChI is InChI=1S/C17H18ClNO3/c1-3-21-16-9-13(10-19-20)8-15(18)17(16)22-11-14-7-5-4-6-12(14)2/h4-10,20H,3,11H2,1-2H3/b19-10-. The number of aryl methyl sites for hydroxylation is 1. The fourth-order valence-electron chi connectivity index (χ4n) is 2.05. The SMILES string of the molecule is CCOc1cc(/C=N\O)cc(Cl)c1OCc1ccccc1C. The van der Waals surface area contributed by atoms with E-state index in [1.807, 2.05) is 38.1 Å². The molecule has 0 aliphatic carbocycles. The summed E-state index contributed by atoms with van der Waals surface area (Å²) in [7, 11) is 0. The van der Waals surface area contributed by atoms with E-state index in [0.717, 1.165) is 11.1 Å². The highest BCUT2D eigenvalue weighted by molar-refractivity contribution is 6.32. The maximum absolute atomic E-state index is 8.64. The summed E-state index contributed by atoms with van der Waals surface area (Å²) in [5, 5.41) is 12.1. The Kier molecular flexibility index (Phi) is 5.67. The van der Waals surface area contributed by atoms with Crippen LogP contribution in [0.4, 0.5) is 0 Å². The molecule has 2 aromatic rings. The minimum absolute atomic E-state index is 0.403. The van der Waals surface area contributed by atoms with Crippen molar-refractivity contribution in [1.82, 2.24) is 0 Å². The molecule has 0 aliphatic heterocycles. The molecule has 22 heavy (non-hydrogen) atoms. The van der Waals surface area contributed by atoms with Crippen LogP contribution < -0.4 is 9.47 Å². The smallest absolute Gasteiger partial charge is 0.180 e. The molecule has 0 amide bonds. The predicted octanol–water partition coefficient (Wildman–Crippen LogP) is 4.43. The molecule has 0 unspecified atom stereocenters. The van der Waals surface area contributed by atoms with Gasteiger partial charge in [0.05, 0.1) is 17.8 Å². The van der Waals surface area contributed by atoms with Gasteiger partial charge in [-0.05, 0) is 37.1 Å². The van der Waals surface area contributed by atoms with Gasteiger partial charge in [-0.15, -0.1) is 0 Å². The Hall–Kier alpha value is -2.20. The summed E-state index contributed by atoms with van der Waals surface area (Å²) in [6, 6.07) is 11.4. The van der Waals surface area contributed by atoms with E-state index in [1.54, 1.807) is 12.1 Å². The van der Waals surface area contributed by atoms with Crippen LogP contribution in [0.3, 0.4) is 0 Å². The van der Waals surface area contributed by atoms with Crippen LogP contribution in [0.2, 0.25) is 5.02 Å². The number of benzene rings is 2. The fourth-order valence-corrected chi connectivity index (χ4v) is 2.33. The summed E-state index contributed by atoms with van der Waals surface area (Å²) < 4.78 is 11.4. The highest BCUT2D eigenvalue weighted by Crippen LogP contribution is 2.37. The summed E-state index contributed by atoms with van der Waals surface area (Å²) >= 11 is 6.26. The van der Waals surface area contributed by atoms with Gasteiger partial charge < -0.3 is 14.7 Å². The summed E-state index contributed by atoms with van der Waals surface area (Å²) in [5.41, 5.74) is 2.88. The first-order chi connectivity index (χ1) is 10.7. The monoisotopic (exact) mass is 319 g/mol. The van der Waals surface area contributed by atoms with Gasteiger partial charge in [-0.25, -0.2) is 0 Å². The number of ether oxygens (including phenoxy) is 2. The molecule has 0 spiro atoms. The zero-order valence-corrected chi connectivity index (χ0v) is 13.3. The van der Waals surface area contributed by atoms with Crippen molar-refractivity contribution in [3.8, 4) is 11.5 Å². The lowest BCUT2D eigenvalue weighted by molar-refractivity contribution is 0.269. The Morgan fingerprint density at radius 1 is 1.23 bits per heavy atom. The average Bonchev–Trinajstić information content (AvgIpc) is 2.49. The minimum atomic E-state index is 0.403. The quantitative estimate of drug-likeness (QED) is 0.486. The average molecular weight is 320 g/mol. The first-order valence-corrected chi connectivity index (χ1v) is 7.34. The molecule has 2 aromatic carbocycles. The minimum Gasteiger partial charge on any atom is -0.490 e. The van der Waals surface area contributed by atoms with Crippen molar-refractivity contribution in [1.29, 1.82) is 0 Å². The van der Waals surface area contributed by atoms with Crippen LogP contribution in [0, 0.1) is 6.92 Å². The highest BCUT2D eigenvalue weighted by atomic mass is 35.5. The molecular weight excluding hydrogens is 302 g/mol. The lowest BCUT2D eigenvalue weighted by atomic mass is 10.1. The van der Waals surface area contributed by atoms with E-state index in [1.165, 1.54) is 6.21 Å². The largest absolute Gasteiger partial charge is 0.490 e. The fraction of sp³-hybridized carbons (Fsp3) is 0.235. The maximum atomic E-state index is 8.64. The highest BCUT2D eigenvalue weighted by Gasteiger charge is 2.13. The normalized spacial score (nSPS) is 10.9. The molecule has 0 fully saturated rings. The third-order valence-corrected chi connectivity index (χ3v) is 3.45. The van der Waals surface area contributed by atoms with Crippen molar-refractivity contribution in [3.05, 3.63) is 58.1 Å². The summed E-state index contributed by atoms with van der Waals surface area (Å²) in [6.45, 7) is 4.80. The molecule has 0 saturated carbocycles. The van der Waals surface area contributed by atoms with Crippen LogP contribution in [0.25, 0.3) is 0 Å². The van der Waals surface area contributed by atoms with Gasteiger partial charge in [0.2, 0.25) is 0 Å². The van der Waals surface area contributed by atoms with Crippen LogP contribution >= 0.6 is 11.6 Å². The molecule has 0 aromatic heterocycles. The zero-order chi connectivity index (χ0) is 15.9. The van der Waals surface area contributed by atoms with Crippen molar-refractivity contribution in [2.75, 3.05) is 6.61 Å². The van der Waals surface area contributed by atoms with E-state index < -0.39 is 0 Å². The molecule has 0 aliphatic rings. The summed E-state index contributed by atoms with van der Waals surface area (Å²) in [5.74, 6) is 1.01. The summed E-state index contributed by atoms with van der Waals surface area (Å²) in [4.78, 5) is 0. The molecule has 4 nitrogen and oxygen atoms in total. The Bertz CT molecular complexity index is 671. The van der Waals surface area contributed by atoms with Gasteiger partial charge in [-0.2, -0.15) is 0 Å². The van der Waals surface area contributed by atoms with E-state index >= 15 is 0 Å². The lowest BCUT2D eigenvalue weighted by Crippen LogP contribution is -2.02. The Balaban J connectivity index is 2.27. The van der Waals surface area contributed by atoms with E-state index in [2.05, 4.69) is 5.16 Å². The number of rotatable bonds is 6. The van der Waals surface area contributed by atoms with Crippen LogP contribution in [-0.2, 0) is 6.61 Å². The first-order valence-electron chi connectivity index (χ1n) is 6.96. The second kappa shape index (κ2) is 7.71. The molecule has 0 heterocycles. The van der Waals surface area contributed by atoms with Crippen LogP contribution in [-0.4, -0.2) is 18.0 Å². The molecule has 0 saturated heterocycles. The van der Waals surface area contributed by atoms with Crippen LogP contribution in [0.5, 0.6) is 11.5 Å². The molecule has 1 N–H and O–H groups in total. The van der Waals surface area contributed by atoms with Crippen molar-refractivity contribution in [3.63, 3.8) is 0 Å². The third kappa shape index (κ3) is 3.92. The molecule has 116 valence electrons. The number of hydrogen-bond donors (Lipinski definition) is 1. The van der Waals surface area contributed by atoms with Gasteiger partial charge in [-0.1, -0.05) is 41.0 Å². The summed E-state index contributed by atoms with van der Waals surface area (Å²) in [6.07, 6.45) is 1.29. The van der Waals surface area contributed by atoms with Gasteiger partial charge >= 0.3 is 0 Å². The van der Waals surface area contributed by atoms with Gasteiger partial charge in [0, 0.05) is 5.56 Å². The Morgan fingerprint density at radius 2 is 2.00 bits per heavy atom. The molecule has 5 heteroatoms. The number of halogens is 1. The molecule has 0 atom stereocenters. The van der Waals surface area contributed by atoms with Gasteiger partial charge in [-0.3, -0.25) is 0 Å². The molecule has 0 radical (unpaired) electrons. The second-order valence-electron chi connectivity index (χ2n) is 4.72. The van der Waals surface area contributed by atoms with E-state index in [9.17, 15) is 0 Å². The van der Waals surface area contributed by atoms with E-state index in [0.29, 0.717) is 35.3 Å². The van der Waals surface area contributed by atoms with Crippen molar-refractivity contribution < 1.29 is 14.7 Å². The van der Waals surface area contributed by atoms with Gasteiger partial charge in [0.25, 0.3) is 0 Å². The lowest BCUT2D eigenvalue weighted by Gasteiger charge is -2.15. The van der Waals surface area contributed by atoms with Gasteiger partial charge in [0.15, 0.2) is 11.5 Å². The third-order valence-electron chi connectivity index (χ3n) is 3.17. The first kappa shape index (κ1) is 16.2. The predicted molar refractivity (Wildman–Crippen MR) is 87.5 cm³/mol. The second-order valence-corrected chi connectivity index (χ2v) is 5.13. The Morgan fingerprint density at radius 3 is 2.68 bits per heavy atom. The number of nitrogens with zero attached hydrogens (tertiary/aromatic N) is 1. The Labute approximate surface area is 134 Å². The van der Waals surface area contributed by atoms with E-state index in [-0.39, 0.29) is 0 Å². The van der Waals surface area contributed by atoms with Gasteiger partial charge in [0.1, 0.15) is 6.61 Å². The van der Waals surface area contributed by atoms with Crippen molar-refractivity contribution >= 4 is 17.8 Å². The van der Waals surface area contributed by atoms with Crippen molar-refractivity contribution in [2.24, 2.45) is 5.16 Å². The molecule has 2 rings (SSSR count). The zero-order valence-electron chi connectivity index (χ0n) is 12.5. The molecule has 0 bridgehead atoms. The van der Waals surface area contributed by atoms with Crippen LogP contribution in [0.15, 0.2) is 41.6 Å². The van der Waals surface area contributed by atoms with E-state index in [4.69, 9.17) is 26.3 Å². The number of oxime groups is 1. The molecular formula is C17H18ClNO3.